The molecule has 0 radical (unpaired) electrons. The second-order valence-electron chi connectivity index (χ2n) is 5.23. The van der Waals surface area contributed by atoms with Crippen molar-refractivity contribution in [3.8, 4) is 0 Å². The van der Waals surface area contributed by atoms with Gasteiger partial charge in [0.25, 0.3) is 0 Å². The van der Waals surface area contributed by atoms with E-state index in [9.17, 15) is 0 Å². The van der Waals surface area contributed by atoms with Crippen LogP contribution in [0.25, 0.3) is 0 Å². The number of benzene rings is 1. The highest BCUT2D eigenvalue weighted by Gasteiger charge is 2.62. The first-order valence-corrected chi connectivity index (χ1v) is 5.43. The van der Waals surface area contributed by atoms with Crippen LogP contribution in [-0.4, -0.2) is 12.6 Å². The van der Waals surface area contributed by atoms with Gasteiger partial charge in [0.1, 0.15) is 0 Å². The van der Waals surface area contributed by atoms with Gasteiger partial charge < -0.3 is 4.90 Å². The number of fused-ring (bicyclic) bond motifs is 1. The highest BCUT2D eigenvalue weighted by atomic mass is 15.3. The van der Waals surface area contributed by atoms with Gasteiger partial charge in [0.2, 0.25) is 0 Å². The topological polar surface area (TPSA) is 3.24 Å². The summed E-state index contributed by atoms with van der Waals surface area (Å²) in [5.74, 6) is 0. The van der Waals surface area contributed by atoms with Crippen molar-refractivity contribution >= 4 is 5.69 Å². The largest absolute Gasteiger partial charge is 0.368 e. The van der Waals surface area contributed by atoms with Crippen LogP contribution in [0.2, 0.25) is 0 Å². The molecule has 0 bridgehead atoms. The smallest absolute Gasteiger partial charge is 0.0492 e. The van der Waals surface area contributed by atoms with Crippen LogP contribution in [0.3, 0.4) is 0 Å². The first-order valence-electron chi connectivity index (χ1n) is 5.43. The maximum absolute atomic E-state index is 2.50. The van der Waals surface area contributed by atoms with Crippen molar-refractivity contribution < 1.29 is 0 Å². The minimum atomic E-state index is 0.332. The quantitative estimate of drug-likeness (QED) is 0.603. The predicted octanol–water partition coefficient (Wildman–Crippen LogP) is 2.95. The van der Waals surface area contributed by atoms with Gasteiger partial charge in [-0.2, -0.15) is 0 Å². The molecule has 74 valence electrons. The average molecular weight is 187 g/mol. The molecule has 0 amide bonds. The minimum Gasteiger partial charge on any atom is -0.368 e. The Morgan fingerprint density at radius 3 is 2.36 bits per heavy atom. The van der Waals surface area contributed by atoms with E-state index in [0.29, 0.717) is 11.0 Å². The molecular weight excluding hydrogens is 170 g/mol. The van der Waals surface area contributed by atoms with Gasteiger partial charge in [0.15, 0.2) is 0 Å². The Morgan fingerprint density at radius 2 is 1.79 bits per heavy atom. The fourth-order valence-electron chi connectivity index (χ4n) is 3.27. The van der Waals surface area contributed by atoms with E-state index >= 15 is 0 Å². The molecule has 0 saturated heterocycles. The summed E-state index contributed by atoms with van der Waals surface area (Å²) in [6.07, 6.45) is 2.70. The fraction of sp³-hybridized carbons (Fsp3) is 0.538. The number of hydrogen-bond donors (Lipinski definition) is 0. The van der Waals surface area contributed by atoms with Gasteiger partial charge in [-0.15, -0.1) is 0 Å². The highest BCUT2D eigenvalue weighted by Crippen LogP contribution is 2.62. The average Bonchev–Trinajstić information content (AvgIpc) is 2.95. The third-order valence-corrected chi connectivity index (χ3v) is 4.47. The lowest BCUT2D eigenvalue weighted by Gasteiger charge is -2.32. The van der Waals surface area contributed by atoms with Gasteiger partial charge in [0.05, 0.1) is 0 Å². The Labute approximate surface area is 85.7 Å². The molecule has 0 aromatic heterocycles. The molecule has 1 heterocycles. The van der Waals surface area contributed by atoms with Gasteiger partial charge in [-0.3, -0.25) is 0 Å². The standard InChI is InChI=1S/C13H17N/c1-12(2)10-6-4-5-7-11(10)14(3)13(12)8-9-13/h4-7H,8-9H2,1-3H3. The first-order chi connectivity index (χ1) is 6.59. The van der Waals surface area contributed by atoms with E-state index in [1.165, 1.54) is 24.1 Å². The van der Waals surface area contributed by atoms with Gasteiger partial charge >= 0.3 is 0 Å². The molecule has 1 heteroatoms. The van der Waals surface area contributed by atoms with Crippen LogP contribution in [0.4, 0.5) is 5.69 Å². The van der Waals surface area contributed by atoms with Crippen molar-refractivity contribution in [2.75, 3.05) is 11.9 Å². The van der Waals surface area contributed by atoms with E-state index in [0.717, 1.165) is 0 Å². The SMILES string of the molecule is CN1c2ccccc2C(C)(C)C12CC2. The number of anilines is 1. The lowest BCUT2D eigenvalue weighted by Crippen LogP contribution is -2.41. The molecule has 0 N–H and O–H groups in total. The van der Waals surface area contributed by atoms with Crippen molar-refractivity contribution in [2.45, 2.75) is 37.6 Å². The number of hydrogen-bond acceptors (Lipinski definition) is 1. The van der Waals surface area contributed by atoms with E-state index in [4.69, 9.17) is 0 Å². The lowest BCUT2D eigenvalue weighted by atomic mass is 9.78. The molecule has 1 fully saturated rings. The molecule has 3 rings (SSSR count). The Hall–Kier alpha value is -0.980. The maximum atomic E-state index is 2.50. The summed E-state index contributed by atoms with van der Waals surface area (Å²) >= 11 is 0. The van der Waals surface area contributed by atoms with Crippen LogP contribution in [-0.2, 0) is 5.41 Å². The minimum absolute atomic E-state index is 0.332. The lowest BCUT2D eigenvalue weighted by molar-refractivity contribution is 0.410. The molecule has 1 aliphatic carbocycles. The van der Waals surface area contributed by atoms with E-state index in [-0.39, 0.29) is 0 Å². The summed E-state index contributed by atoms with van der Waals surface area (Å²) in [6, 6.07) is 8.85. The molecule has 14 heavy (non-hydrogen) atoms. The second kappa shape index (κ2) is 2.16. The van der Waals surface area contributed by atoms with E-state index in [1.807, 2.05) is 0 Å². The first kappa shape index (κ1) is 8.34. The number of likely N-dealkylation sites (N-methyl/N-ethyl adjacent to an activating group) is 1. The van der Waals surface area contributed by atoms with Gasteiger partial charge in [-0.25, -0.2) is 0 Å². The number of rotatable bonds is 0. The van der Waals surface area contributed by atoms with Crippen LogP contribution in [0.5, 0.6) is 0 Å². The van der Waals surface area contributed by atoms with Crippen molar-refractivity contribution in [3.63, 3.8) is 0 Å². The van der Waals surface area contributed by atoms with Gasteiger partial charge in [0, 0.05) is 23.7 Å². The van der Waals surface area contributed by atoms with Crippen LogP contribution in [0.1, 0.15) is 32.3 Å². The Morgan fingerprint density at radius 1 is 1.14 bits per heavy atom. The Balaban J connectivity index is 2.25. The Kier molecular flexibility index (Phi) is 1.28. The van der Waals surface area contributed by atoms with Crippen molar-refractivity contribution in [1.29, 1.82) is 0 Å². The molecule has 1 aromatic carbocycles. The summed E-state index contributed by atoms with van der Waals surface area (Å²) in [4.78, 5) is 2.50. The van der Waals surface area contributed by atoms with Gasteiger partial charge in [-0.05, 0) is 24.5 Å². The third kappa shape index (κ3) is 0.691. The summed E-state index contributed by atoms with van der Waals surface area (Å²) in [7, 11) is 2.25. The molecule has 1 nitrogen and oxygen atoms in total. The van der Waals surface area contributed by atoms with E-state index < -0.39 is 0 Å². The predicted molar refractivity (Wildman–Crippen MR) is 59.8 cm³/mol. The Bertz CT molecular complexity index is 388. The number of para-hydroxylation sites is 1. The zero-order chi connectivity index (χ0) is 9.97. The van der Waals surface area contributed by atoms with Crippen LogP contribution >= 0.6 is 0 Å². The monoisotopic (exact) mass is 187 g/mol. The zero-order valence-corrected chi connectivity index (χ0v) is 9.17. The van der Waals surface area contributed by atoms with E-state index in [2.05, 4.69) is 50.1 Å². The highest BCUT2D eigenvalue weighted by molar-refractivity contribution is 5.68. The van der Waals surface area contributed by atoms with Gasteiger partial charge in [-0.1, -0.05) is 32.0 Å². The molecular formula is C13H17N. The summed E-state index contributed by atoms with van der Waals surface area (Å²) in [5, 5.41) is 0. The van der Waals surface area contributed by atoms with Crippen LogP contribution in [0.15, 0.2) is 24.3 Å². The van der Waals surface area contributed by atoms with Crippen molar-refractivity contribution in [3.05, 3.63) is 29.8 Å². The molecule has 1 saturated carbocycles. The molecule has 1 aromatic rings. The van der Waals surface area contributed by atoms with Crippen LogP contribution < -0.4 is 4.90 Å². The van der Waals surface area contributed by atoms with Crippen molar-refractivity contribution in [2.24, 2.45) is 0 Å². The molecule has 0 unspecified atom stereocenters. The normalized spacial score (nSPS) is 25.2. The summed E-state index contributed by atoms with van der Waals surface area (Å²) in [5.41, 5.74) is 3.74. The van der Waals surface area contributed by atoms with Crippen LogP contribution in [0, 0.1) is 0 Å². The number of nitrogens with zero attached hydrogens (tertiary/aromatic N) is 1. The third-order valence-electron chi connectivity index (χ3n) is 4.47. The van der Waals surface area contributed by atoms with E-state index in [1.54, 1.807) is 0 Å². The van der Waals surface area contributed by atoms with Crippen molar-refractivity contribution in [1.82, 2.24) is 0 Å². The summed E-state index contributed by atoms with van der Waals surface area (Å²) in [6.45, 7) is 4.78. The molecule has 1 aliphatic heterocycles. The second-order valence-corrected chi connectivity index (χ2v) is 5.23. The molecule has 0 atom stereocenters. The summed E-state index contributed by atoms with van der Waals surface area (Å²) < 4.78 is 0. The molecule has 2 aliphatic rings. The molecule has 1 spiro atoms. The zero-order valence-electron chi connectivity index (χ0n) is 9.17. The fourth-order valence-corrected chi connectivity index (χ4v) is 3.27. The maximum Gasteiger partial charge on any atom is 0.0492 e.